The molecule has 0 spiro atoms. The fourth-order valence-corrected chi connectivity index (χ4v) is 3.78. The molecule has 1 aliphatic carbocycles. The largest absolute Gasteiger partial charge is 0.388 e. The number of aryl methyl sites for hydroxylation is 1. The molecule has 0 radical (unpaired) electrons. The number of aromatic nitrogens is 1. The fourth-order valence-electron chi connectivity index (χ4n) is 2.64. The van der Waals surface area contributed by atoms with E-state index >= 15 is 0 Å². The number of aliphatic hydroxyl groups excluding tert-OH is 1. The highest BCUT2D eigenvalue weighted by atomic mass is 32.1. The van der Waals surface area contributed by atoms with Crippen LogP contribution in [0.1, 0.15) is 35.1 Å². The molecule has 0 saturated heterocycles. The Morgan fingerprint density at radius 2 is 2.05 bits per heavy atom. The number of thiazole rings is 1. The van der Waals surface area contributed by atoms with Crippen LogP contribution in [-0.4, -0.2) is 29.1 Å². The Kier molecular flexibility index (Phi) is 3.87. The maximum atomic E-state index is 10.0. The predicted octanol–water partition coefficient (Wildman–Crippen LogP) is 3.24. The number of benzene rings is 1. The van der Waals surface area contributed by atoms with Gasteiger partial charge in [-0.25, -0.2) is 4.98 Å². The van der Waals surface area contributed by atoms with Crippen LogP contribution >= 0.6 is 11.3 Å². The Balaban J connectivity index is 1.86. The third-order valence-electron chi connectivity index (χ3n) is 3.62. The quantitative estimate of drug-likeness (QED) is 0.942. The van der Waals surface area contributed by atoms with Crippen molar-refractivity contribution in [3.63, 3.8) is 0 Å². The second-order valence-corrected chi connectivity index (χ2v) is 6.70. The maximum absolute atomic E-state index is 10.0. The maximum Gasteiger partial charge on any atom is 0.123 e. The van der Waals surface area contributed by atoms with Crippen molar-refractivity contribution >= 4 is 11.3 Å². The second-order valence-electron chi connectivity index (χ2n) is 5.67. The molecule has 0 aliphatic heterocycles. The van der Waals surface area contributed by atoms with Gasteiger partial charge in [0.1, 0.15) is 5.01 Å². The third-order valence-corrected chi connectivity index (χ3v) is 4.87. The van der Waals surface area contributed by atoms with E-state index < -0.39 is 0 Å². The van der Waals surface area contributed by atoms with Gasteiger partial charge in [-0.15, -0.1) is 11.3 Å². The van der Waals surface area contributed by atoms with E-state index in [1.165, 1.54) is 5.56 Å². The molecule has 20 heavy (non-hydrogen) atoms. The number of hydrogen-bond acceptors (Lipinski definition) is 4. The van der Waals surface area contributed by atoms with E-state index in [0.717, 1.165) is 46.9 Å². The molecule has 2 aromatic rings. The number of fused-ring (bicyclic) bond motifs is 1. The summed E-state index contributed by atoms with van der Waals surface area (Å²) in [6.45, 7) is 0.952. The highest BCUT2D eigenvalue weighted by Gasteiger charge is 2.22. The molecular weight excluding hydrogens is 268 g/mol. The van der Waals surface area contributed by atoms with Crippen LogP contribution in [0.4, 0.5) is 0 Å². The molecule has 1 unspecified atom stereocenters. The van der Waals surface area contributed by atoms with Crippen molar-refractivity contribution < 1.29 is 5.11 Å². The number of aliphatic hydroxyl groups is 1. The lowest BCUT2D eigenvalue weighted by atomic mass is 10.0. The Hall–Kier alpha value is -1.23. The van der Waals surface area contributed by atoms with Crippen molar-refractivity contribution in [2.75, 3.05) is 14.1 Å². The lowest BCUT2D eigenvalue weighted by Crippen LogP contribution is -2.10. The summed E-state index contributed by atoms with van der Waals surface area (Å²) in [5.74, 6) is 0. The van der Waals surface area contributed by atoms with Gasteiger partial charge in [-0.05, 0) is 38.9 Å². The van der Waals surface area contributed by atoms with Crippen LogP contribution in [0.25, 0.3) is 10.6 Å². The van der Waals surface area contributed by atoms with Gasteiger partial charge in [0.25, 0.3) is 0 Å². The predicted molar refractivity (Wildman–Crippen MR) is 82.8 cm³/mol. The van der Waals surface area contributed by atoms with E-state index in [-0.39, 0.29) is 6.10 Å². The van der Waals surface area contributed by atoms with Gasteiger partial charge in [0.2, 0.25) is 0 Å². The summed E-state index contributed by atoms with van der Waals surface area (Å²) < 4.78 is 0. The molecule has 106 valence electrons. The SMILES string of the molecule is CN(C)Cc1ccc(-c2nc3c(s2)C(O)CCC3)cc1. The van der Waals surface area contributed by atoms with E-state index in [1.807, 2.05) is 0 Å². The Bertz CT molecular complexity index is 589. The molecule has 0 saturated carbocycles. The highest BCUT2D eigenvalue weighted by molar-refractivity contribution is 7.15. The van der Waals surface area contributed by atoms with Crippen LogP contribution in [0.5, 0.6) is 0 Å². The van der Waals surface area contributed by atoms with E-state index in [2.05, 4.69) is 43.3 Å². The number of hydrogen-bond donors (Lipinski definition) is 1. The second kappa shape index (κ2) is 5.64. The minimum absolute atomic E-state index is 0.307. The number of nitrogens with zero attached hydrogens (tertiary/aromatic N) is 2. The molecule has 3 rings (SSSR count). The van der Waals surface area contributed by atoms with Crippen molar-refractivity contribution in [3.05, 3.63) is 40.4 Å². The summed E-state index contributed by atoms with van der Waals surface area (Å²) >= 11 is 1.64. The van der Waals surface area contributed by atoms with Gasteiger partial charge >= 0.3 is 0 Å². The average Bonchev–Trinajstić information content (AvgIpc) is 2.84. The molecule has 1 atom stereocenters. The van der Waals surface area contributed by atoms with Crippen LogP contribution in [0, 0.1) is 0 Å². The first-order chi connectivity index (χ1) is 9.63. The van der Waals surface area contributed by atoms with Gasteiger partial charge in [0, 0.05) is 12.1 Å². The molecule has 1 aromatic carbocycles. The van der Waals surface area contributed by atoms with Gasteiger partial charge in [-0.3, -0.25) is 0 Å². The molecule has 1 aliphatic rings. The summed E-state index contributed by atoms with van der Waals surface area (Å²) in [6.07, 6.45) is 2.61. The highest BCUT2D eigenvalue weighted by Crippen LogP contribution is 2.37. The van der Waals surface area contributed by atoms with E-state index in [1.54, 1.807) is 11.3 Å². The van der Waals surface area contributed by atoms with Crippen LogP contribution in [0.2, 0.25) is 0 Å². The number of rotatable bonds is 3. The lowest BCUT2D eigenvalue weighted by Gasteiger charge is -2.14. The molecule has 1 aromatic heterocycles. The zero-order valence-electron chi connectivity index (χ0n) is 12.0. The molecule has 0 amide bonds. The zero-order chi connectivity index (χ0) is 14.1. The normalized spacial score (nSPS) is 18.3. The van der Waals surface area contributed by atoms with Crippen LogP contribution in [-0.2, 0) is 13.0 Å². The third kappa shape index (κ3) is 2.77. The molecular formula is C16H20N2OS. The first-order valence-electron chi connectivity index (χ1n) is 7.05. The molecule has 4 heteroatoms. The van der Waals surface area contributed by atoms with Crippen molar-refractivity contribution in [2.24, 2.45) is 0 Å². The van der Waals surface area contributed by atoms with Gasteiger partial charge in [0.15, 0.2) is 0 Å². The van der Waals surface area contributed by atoms with Gasteiger partial charge < -0.3 is 10.0 Å². The summed E-state index contributed by atoms with van der Waals surface area (Å²) in [5, 5.41) is 11.1. The average molecular weight is 288 g/mol. The minimum atomic E-state index is -0.307. The topological polar surface area (TPSA) is 36.4 Å². The fraction of sp³-hybridized carbons (Fsp3) is 0.438. The molecule has 3 nitrogen and oxygen atoms in total. The van der Waals surface area contributed by atoms with Crippen molar-refractivity contribution in [3.8, 4) is 10.6 Å². The summed E-state index contributed by atoms with van der Waals surface area (Å²) in [6, 6.07) is 8.59. The van der Waals surface area contributed by atoms with Gasteiger partial charge in [0.05, 0.1) is 16.7 Å². The van der Waals surface area contributed by atoms with E-state index in [0.29, 0.717) is 0 Å². The standard InChI is InChI=1S/C16H20N2OS/c1-18(2)10-11-6-8-12(9-7-11)16-17-13-4-3-5-14(19)15(13)20-16/h6-9,14,19H,3-5,10H2,1-2H3. The van der Waals surface area contributed by atoms with Crippen molar-refractivity contribution in [1.82, 2.24) is 9.88 Å². The van der Waals surface area contributed by atoms with E-state index in [9.17, 15) is 5.11 Å². The summed E-state index contributed by atoms with van der Waals surface area (Å²) in [7, 11) is 4.15. The monoisotopic (exact) mass is 288 g/mol. The summed E-state index contributed by atoms with van der Waals surface area (Å²) in [5.41, 5.74) is 3.56. The van der Waals surface area contributed by atoms with E-state index in [4.69, 9.17) is 4.98 Å². The van der Waals surface area contributed by atoms with Crippen LogP contribution in [0.15, 0.2) is 24.3 Å². The van der Waals surface area contributed by atoms with Crippen LogP contribution < -0.4 is 0 Å². The first-order valence-corrected chi connectivity index (χ1v) is 7.87. The molecule has 0 bridgehead atoms. The molecule has 0 fully saturated rings. The summed E-state index contributed by atoms with van der Waals surface area (Å²) in [4.78, 5) is 7.94. The lowest BCUT2D eigenvalue weighted by molar-refractivity contribution is 0.160. The minimum Gasteiger partial charge on any atom is -0.388 e. The first kappa shape index (κ1) is 13.7. The van der Waals surface area contributed by atoms with Crippen molar-refractivity contribution in [1.29, 1.82) is 0 Å². The Morgan fingerprint density at radius 1 is 1.30 bits per heavy atom. The van der Waals surface area contributed by atoms with Gasteiger partial charge in [-0.2, -0.15) is 0 Å². The molecule has 1 heterocycles. The van der Waals surface area contributed by atoms with Gasteiger partial charge in [-0.1, -0.05) is 24.3 Å². The molecule has 1 N–H and O–H groups in total. The van der Waals surface area contributed by atoms with Crippen LogP contribution in [0.3, 0.4) is 0 Å². The zero-order valence-corrected chi connectivity index (χ0v) is 12.8. The smallest absolute Gasteiger partial charge is 0.123 e. The Labute approximate surface area is 123 Å². The van der Waals surface area contributed by atoms with Crippen molar-refractivity contribution in [2.45, 2.75) is 31.9 Å². The Morgan fingerprint density at radius 3 is 2.70 bits per heavy atom.